The summed E-state index contributed by atoms with van der Waals surface area (Å²) in [5, 5.41) is 26.3. The number of ether oxygens (including phenoxy) is 1. The van der Waals surface area contributed by atoms with E-state index in [4.69, 9.17) is 9.29 Å². The summed E-state index contributed by atoms with van der Waals surface area (Å²) in [6, 6.07) is 25.1. The standard InChI is InChI=1S/C32H26N4O7S/c1-19-7-8-21(31(38)33-23-11-15-25(16-12-23)44(40,41)42)17-27(19)35-36-30-26-6-4-3-5-20(26)18-28(37)29(30)32(39)34-22-9-13-24(43-2)14-10-22/h3-18,37H,1-2H3,(H,33,38)(H,34,39)(H,40,41,42). The molecule has 0 fully saturated rings. The van der Waals surface area contributed by atoms with Crippen LogP contribution in [0.1, 0.15) is 26.3 Å². The first-order valence-corrected chi connectivity index (χ1v) is 14.6. The summed E-state index contributed by atoms with van der Waals surface area (Å²) in [6.45, 7) is 1.78. The van der Waals surface area contributed by atoms with E-state index in [1.807, 2.05) is 0 Å². The number of nitrogens with one attached hydrogen (secondary N) is 2. The van der Waals surface area contributed by atoms with Gasteiger partial charge in [-0.1, -0.05) is 30.3 Å². The number of carbonyl (C=O) groups is 2. The molecular formula is C32H26N4O7S. The molecule has 0 unspecified atom stereocenters. The van der Waals surface area contributed by atoms with Gasteiger partial charge in [-0.05, 0) is 84.6 Å². The van der Waals surface area contributed by atoms with Crippen molar-refractivity contribution in [2.45, 2.75) is 11.8 Å². The highest BCUT2D eigenvalue weighted by Crippen LogP contribution is 2.38. The lowest BCUT2D eigenvalue weighted by Crippen LogP contribution is -2.12. The maximum absolute atomic E-state index is 13.4. The van der Waals surface area contributed by atoms with E-state index in [2.05, 4.69) is 20.9 Å². The first kappa shape index (κ1) is 29.9. The van der Waals surface area contributed by atoms with Crippen molar-refractivity contribution in [2.24, 2.45) is 10.2 Å². The lowest BCUT2D eigenvalue weighted by Gasteiger charge is -2.12. The number of anilines is 2. The van der Waals surface area contributed by atoms with Crippen LogP contribution < -0.4 is 15.4 Å². The molecule has 44 heavy (non-hydrogen) atoms. The maximum Gasteiger partial charge on any atom is 0.294 e. The number of rotatable bonds is 8. The van der Waals surface area contributed by atoms with Gasteiger partial charge in [-0.25, -0.2) is 0 Å². The molecule has 0 saturated heterocycles. The average Bonchev–Trinajstić information content (AvgIpc) is 3.00. The van der Waals surface area contributed by atoms with Crippen molar-refractivity contribution in [2.75, 3.05) is 17.7 Å². The number of phenolic OH excluding ortho intramolecular Hbond substituents is 1. The summed E-state index contributed by atoms with van der Waals surface area (Å²) in [5.74, 6) is -0.762. The van der Waals surface area contributed by atoms with Crippen LogP contribution >= 0.6 is 0 Å². The molecule has 0 spiro atoms. The number of fused-ring (bicyclic) bond motifs is 1. The third-order valence-electron chi connectivity index (χ3n) is 6.72. The van der Waals surface area contributed by atoms with Crippen molar-refractivity contribution >= 4 is 55.5 Å². The van der Waals surface area contributed by atoms with E-state index in [1.54, 1.807) is 67.6 Å². The van der Waals surface area contributed by atoms with E-state index in [-0.39, 0.29) is 27.5 Å². The smallest absolute Gasteiger partial charge is 0.294 e. The topological polar surface area (TPSA) is 167 Å². The van der Waals surface area contributed by atoms with Crippen molar-refractivity contribution in [3.05, 3.63) is 114 Å². The van der Waals surface area contributed by atoms with Crippen molar-refractivity contribution < 1.29 is 32.4 Å². The molecule has 12 heteroatoms. The van der Waals surface area contributed by atoms with Gasteiger partial charge in [0.2, 0.25) is 0 Å². The van der Waals surface area contributed by atoms with Crippen LogP contribution in [0.2, 0.25) is 0 Å². The molecule has 5 aromatic rings. The fraction of sp³-hybridized carbons (Fsp3) is 0.0625. The minimum atomic E-state index is -4.36. The van der Waals surface area contributed by atoms with Gasteiger partial charge in [0.1, 0.15) is 22.7 Å². The quantitative estimate of drug-likeness (QED) is 0.108. The highest BCUT2D eigenvalue weighted by molar-refractivity contribution is 7.85. The average molecular weight is 611 g/mol. The van der Waals surface area contributed by atoms with Crippen molar-refractivity contribution in [3.63, 3.8) is 0 Å². The minimum Gasteiger partial charge on any atom is -0.507 e. The summed E-state index contributed by atoms with van der Waals surface area (Å²) in [4.78, 5) is 26.1. The zero-order valence-corrected chi connectivity index (χ0v) is 24.3. The zero-order chi connectivity index (χ0) is 31.4. The van der Waals surface area contributed by atoms with E-state index in [9.17, 15) is 23.1 Å². The van der Waals surface area contributed by atoms with Gasteiger partial charge in [0.25, 0.3) is 21.9 Å². The molecule has 0 aliphatic carbocycles. The predicted molar refractivity (Wildman–Crippen MR) is 166 cm³/mol. The second-order valence-electron chi connectivity index (χ2n) is 9.68. The SMILES string of the molecule is COc1ccc(NC(=O)c2c(O)cc3ccccc3c2N=Nc2cc(C(=O)Nc3ccc(S(=O)(=O)O)cc3)ccc2C)cc1. The molecule has 0 bridgehead atoms. The fourth-order valence-electron chi connectivity index (χ4n) is 4.39. The van der Waals surface area contributed by atoms with Gasteiger partial charge in [0, 0.05) is 22.3 Å². The zero-order valence-electron chi connectivity index (χ0n) is 23.5. The summed E-state index contributed by atoms with van der Waals surface area (Å²) in [6.07, 6.45) is 0. The van der Waals surface area contributed by atoms with Crippen LogP contribution in [-0.2, 0) is 10.1 Å². The molecule has 2 amide bonds. The van der Waals surface area contributed by atoms with Gasteiger partial charge >= 0.3 is 0 Å². The molecule has 5 rings (SSSR count). The molecule has 0 heterocycles. The molecule has 0 aliphatic rings. The van der Waals surface area contributed by atoms with Gasteiger partial charge in [-0.15, -0.1) is 5.11 Å². The number of methoxy groups -OCH3 is 1. The van der Waals surface area contributed by atoms with Gasteiger partial charge in [0.05, 0.1) is 17.7 Å². The van der Waals surface area contributed by atoms with Crippen LogP contribution in [0.4, 0.5) is 22.7 Å². The molecule has 4 N–H and O–H groups in total. The van der Waals surface area contributed by atoms with Crippen LogP contribution in [0.25, 0.3) is 10.8 Å². The van der Waals surface area contributed by atoms with Crippen LogP contribution in [0.15, 0.2) is 112 Å². The van der Waals surface area contributed by atoms with Crippen LogP contribution in [0.5, 0.6) is 11.5 Å². The van der Waals surface area contributed by atoms with Crippen molar-refractivity contribution in [3.8, 4) is 11.5 Å². The van der Waals surface area contributed by atoms with Gasteiger partial charge in [-0.3, -0.25) is 14.1 Å². The van der Waals surface area contributed by atoms with Crippen molar-refractivity contribution in [1.82, 2.24) is 0 Å². The number of carbonyl (C=O) groups excluding carboxylic acids is 2. The highest BCUT2D eigenvalue weighted by atomic mass is 32.2. The fourth-order valence-corrected chi connectivity index (χ4v) is 4.87. The Bertz CT molecular complexity index is 2030. The largest absolute Gasteiger partial charge is 0.507 e. The van der Waals surface area contributed by atoms with E-state index in [1.165, 1.54) is 43.5 Å². The number of aromatic hydroxyl groups is 1. The van der Waals surface area contributed by atoms with E-state index >= 15 is 0 Å². The van der Waals surface area contributed by atoms with E-state index in [0.29, 0.717) is 39.1 Å². The Morgan fingerprint density at radius 1 is 0.795 bits per heavy atom. The molecule has 0 radical (unpaired) electrons. The first-order valence-electron chi connectivity index (χ1n) is 13.1. The van der Waals surface area contributed by atoms with Gasteiger partial charge < -0.3 is 20.5 Å². The molecule has 0 aromatic heterocycles. The number of benzene rings is 5. The highest BCUT2D eigenvalue weighted by Gasteiger charge is 2.21. The number of aryl methyl sites for hydroxylation is 1. The lowest BCUT2D eigenvalue weighted by atomic mass is 10.0. The normalized spacial score (nSPS) is 11.4. The minimum absolute atomic E-state index is 0.0804. The van der Waals surface area contributed by atoms with Crippen molar-refractivity contribution in [1.29, 1.82) is 0 Å². The summed E-state index contributed by atoms with van der Waals surface area (Å²) in [5.41, 5.74) is 2.12. The number of hydrogen-bond donors (Lipinski definition) is 4. The number of phenols is 1. The molecule has 0 aliphatic heterocycles. The third kappa shape index (κ3) is 6.56. The van der Waals surface area contributed by atoms with E-state index < -0.39 is 21.9 Å². The lowest BCUT2D eigenvalue weighted by molar-refractivity contribution is 0.101. The molecule has 222 valence electrons. The number of amides is 2. The Balaban J connectivity index is 1.47. The Morgan fingerprint density at radius 2 is 1.43 bits per heavy atom. The Morgan fingerprint density at radius 3 is 2.09 bits per heavy atom. The monoisotopic (exact) mass is 610 g/mol. The third-order valence-corrected chi connectivity index (χ3v) is 7.58. The molecule has 0 saturated carbocycles. The maximum atomic E-state index is 13.4. The summed E-state index contributed by atoms with van der Waals surface area (Å²) in [7, 11) is -2.83. The molecule has 0 atom stereocenters. The predicted octanol–water partition coefficient (Wildman–Crippen LogP) is 7.03. The van der Waals surface area contributed by atoms with Gasteiger partial charge in [-0.2, -0.15) is 13.5 Å². The molecule has 11 nitrogen and oxygen atoms in total. The first-order chi connectivity index (χ1) is 21.0. The van der Waals surface area contributed by atoms with Crippen LogP contribution in [0, 0.1) is 6.92 Å². The summed E-state index contributed by atoms with van der Waals surface area (Å²) < 4.78 is 36.9. The molecule has 5 aromatic carbocycles. The number of nitrogens with zero attached hydrogens (tertiary/aromatic N) is 2. The van der Waals surface area contributed by atoms with Gasteiger partial charge in [0.15, 0.2) is 0 Å². The second kappa shape index (κ2) is 12.3. The Hall–Kier alpha value is -5.59. The van der Waals surface area contributed by atoms with Crippen LogP contribution in [0.3, 0.4) is 0 Å². The summed E-state index contributed by atoms with van der Waals surface area (Å²) >= 11 is 0. The Kier molecular flexibility index (Phi) is 8.38. The Labute approximate surface area is 252 Å². The number of azo groups is 1. The second-order valence-corrected chi connectivity index (χ2v) is 11.1. The molecular weight excluding hydrogens is 584 g/mol. The van der Waals surface area contributed by atoms with Crippen LogP contribution in [-0.4, -0.2) is 37.0 Å². The van der Waals surface area contributed by atoms with E-state index in [0.717, 1.165) is 0 Å². The number of hydrogen-bond acceptors (Lipinski definition) is 8.